The van der Waals surface area contributed by atoms with Crippen molar-refractivity contribution < 1.29 is 5.11 Å². The Morgan fingerprint density at radius 2 is 1.80 bits per heavy atom. The van der Waals surface area contributed by atoms with E-state index in [0.717, 1.165) is 12.3 Å². The standard InChI is InChI=1S/C13H23NO/c15-12-4-2-1-3-11(12)14-9-13(7-8-13)10-5-6-10/h10-12,14-15H,1-9H2/t11-,12-/m1/s1. The van der Waals surface area contributed by atoms with Crippen LogP contribution in [0.25, 0.3) is 0 Å². The number of hydrogen-bond donors (Lipinski definition) is 2. The van der Waals surface area contributed by atoms with Crippen molar-refractivity contribution in [1.29, 1.82) is 0 Å². The highest BCUT2D eigenvalue weighted by molar-refractivity contribution is 5.05. The molecule has 0 spiro atoms. The normalized spacial score (nSPS) is 39.0. The van der Waals surface area contributed by atoms with Gasteiger partial charge in [0.15, 0.2) is 0 Å². The summed E-state index contributed by atoms with van der Waals surface area (Å²) in [5.74, 6) is 1.03. The van der Waals surface area contributed by atoms with Crippen LogP contribution in [-0.2, 0) is 0 Å². The van der Waals surface area contributed by atoms with Gasteiger partial charge in [0, 0.05) is 12.6 Å². The molecule has 3 aliphatic carbocycles. The van der Waals surface area contributed by atoms with E-state index >= 15 is 0 Å². The maximum Gasteiger partial charge on any atom is 0.0693 e. The van der Waals surface area contributed by atoms with Gasteiger partial charge >= 0.3 is 0 Å². The van der Waals surface area contributed by atoms with Gasteiger partial charge in [-0.25, -0.2) is 0 Å². The molecule has 0 bridgehead atoms. The Balaban J connectivity index is 1.48. The first kappa shape index (κ1) is 10.1. The van der Waals surface area contributed by atoms with Crippen molar-refractivity contribution in [2.45, 2.75) is 63.5 Å². The first-order chi connectivity index (χ1) is 7.30. The minimum absolute atomic E-state index is 0.0752. The quantitative estimate of drug-likeness (QED) is 0.743. The number of aliphatic hydroxyl groups excluding tert-OH is 1. The molecule has 3 rings (SSSR count). The second-order valence-corrected chi connectivity index (χ2v) is 5.98. The van der Waals surface area contributed by atoms with Gasteiger partial charge in [0.2, 0.25) is 0 Å². The van der Waals surface area contributed by atoms with Crippen molar-refractivity contribution >= 4 is 0 Å². The highest BCUT2D eigenvalue weighted by Crippen LogP contribution is 2.60. The molecule has 3 saturated carbocycles. The van der Waals surface area contributed by atoms with Crippen LogP contribution in [-0.4, -0.2) is 23.8 Å². The number of aliphatic hydroxyl groups is 1. The molecular weight excluding hydrogens is 186 g/mol. The fraction of sp³-hybridized carbons (Fsp3) is 1.00. The summed E-state index contributed by atoms with van der Waals surface area (Å²) in [4.78, 5) is 0. The Morgan fingerprint density at radius 1 is 1.07 bits per heavy atom. The molecule has 2 N–H and O–H groups in total. The van der Waals surface area contributed by atoms with Crippen molar-refractivity contribution in [3.63, 3.8) is 0 Å². The smallest absolute Gasteiger partial charge is 0.0693 e. The molecule has 0 heterocycles. The summed E-state index contributed by atoms with van der Waals surface area (Å²) in [5, 5.41) is 13.5. The van der Waals surface area contributed by atoms with Crippen molar-refractivity contribution in [1.82, 2.24) is 5.32 Å². The predicted octanol–water partition coefficient (Wildman–Crippen LogP) is 2.07. The van der Waals surface area contributed by atoms with Crippen molar-refractivity contribution in [2.75, 3.05) is 6.54 Å². The van der Waals surface area contributed by atoms with Crippen LogP contribution in [0, 0.1) is 11.3 Å². The Kier molecular flexibility index (Phi) is 2.52. The second-order valence-electron chi connectivity index (χ2n) is 5.98. The van der Waals surface area contributed by atoms with Gasteiger partial charge in [-0.05, 0) is 49.9 Å². The van der Waals surface area contributed by atoms with Crippen LogP contribution < -0.4 is 5.32 Å². The van der Waals surface area contributed by atoms with Gasteiger partial charge in [-0.1, -0.05) is 12.8 Å². The maximum absolute atomic E-state index is 9.88. The molecule has 0 aromatic heterocycles. The monoisotopic (exact) mass is 209 g/mol. The van der Waals surface area contributed by atoms with Gasteiger partial charge < -0.3 is 10.4 Å². The van der Waals surface area contributed by atoms with Gasteiger partial charge in [0.1, 0.15) is 0 Å². The molecule has 2 nitrogen and oxygen atoms in total. The van der Waals surface area contributed by atoms with Gasteiger partial charge in [-0.15, -0.1) is 0 Å². The Labute approximate surface area is 92.4 Å². The van der Waals surface area contributed by atoms with Crippen LogP contribution in [0.2, 0.25) is 0 Å². The van der Waals surface area contributed by atoms with Gasteiger partial charge in [0.25, 0.3) is 0 Å². The molecule has 3 aliphatic rings. The molecular formula is C13H23NO. The molecule has 0 saturated heterocycles. The van der Waals surface area contributed by atoms with E-state index < -0.39 is 0 Å². The van der Waals surface area contributed by atoms with E-state index in [1.165, 1.54) is 51.5 Å². The van der Waals surface area contributed by atoms with E-state index in [0.29, 0.717) is 11.5 Å². The van der Waals surface area contributed by atoms with Crippen LogP contribution in [0.4, 0.5) is 0 Å². The van der Waals surface area contributed by atoms with E-state index in [1.54, 1.807) is 0 Å². The van der Waals surface area contributed by atoms with E-state index in [-0.39, 0.29) is 6.10 Å². The molecule has 0 amide bonds. The highest BCUT2D eigenvalue weighted by atomic mass is 16.3. The van der Waals surface area contributed by atoms with Gasteiger partial charge in [0.05, 0.1) is 6.10 Å². The van der Waals surface area contributed by atoms with Gasteiger partial charge in [-0.3, -0.25) is 0 Å². The molecule has 0 aliphatic heterocycles. The predicted molar refractivity (Wildman–Crippen MR) is 60.7 cm³/mol. The largest absolute Gasteiger partial charge is 0.392 e. The lowest BCUT2D eigenvalue weighted by atomic mass is 9.91. The number of rotatable bonds is 4. The minimum Gasteiger partial charge on any atom is -0.392 e. The fourth-order valence-electron chi connectivity index (χ4n) is 3.27. The zero-order valence-corrected chi connectivity index (χ0v) is 9.54. The molecule has 0 aromatic carbocycles. The maximum atomic E-state index is 9.88. The summed E-state index contributed by atoms with van der Waals surface area (Å²) in [5.41, 5.74) is 0.678. The number of hydrogen-bond acceptors (Lipinski definition) is 2. The SMILES string of the molecule is O[C@@H]1CCCC[C@H]1NCC1(C2CC2)CC1. The summed E-state index contributed by atoms with van der Waals surface area (Å²) in [7, 11) is 0. The summed E-state index contributed by atoms with van der Waals surface area (Å²) < 4.78 is 0. The molecule has 0 unspecified atom stereocenters. The molecule has 2 atom stereocenters. The first-order valence-corrected chi connectivity index (χ1v) is 6.72. The van der Waals surface area contributed by atoms with E-state index in [2.05, 4.69) is 5.32 Å². The molecule has 86 valence electrons. The lowest BCUT2D eigenvalue weighted by Gasteiger charge is -2.30. The molecule has 15 heavy (non-hydrogen) atoms. The summed E-state index contributed by atoms with van der Waals surface area (Å²) in [6, 6.07) is 0.398. The summed E-state index contributed by atoms with van der Waals surface area (Å²) >= 11 is 0. The molecule has 0 aromatic rings. The third-order valence-electron chi connectivity index (χ3n) is 4.78. The zero-order valence-electron chi connectivity index (χ0n) is 9.54. The minimum atomic E-state index is -0.0752. The van der Waals surface area contributed by atoms with Crippen molar-refractivity contribution in [3.8, 4) is 0 Å². The Hall–Kier alpha value is -0.0800. The number of nitrogens with one attached hydrogen (secondary N) is 1. The third kappa shape index (κ3) is 2.07. The first-order valence-electron chi connectivity index (χ1n) is 6.72. The average Bonchev–Trinajstić information content (AvgIpc) is 3.10. The van der Waals surface area contributed by atoms with Crippen LogP contribution in [0.5, 0.6) is 0 Å². The van der Waals surface area contributed by atoms with E-state index in [1.807, 2.05) is 0 Å². The lowest BCUT2D eigenvalue weighted by molar-refractivity contribution is 0.0873. The summed E-state index contributed by atoms with van der Waals surface area (Å²) in [6.07, 6.45) is 10.4. The molecule has 3 fully saturated rings. The van der Waals surface area contributed by atoms with E-state index in [9.17, 15) is 5.11 Å². The van der Waals surface area contributed by atoms with Crippen LogP contribution >= 0.6 is 0 Å². The van der Waals surface area contributed by atoms with Crippen LogP contribution in [0.1, 0.15) is 51.4 Å². The van der Waals surface area contributed by atoms with Crippen molar-refractivity contribution in [3.05, 3.63) is 0 Å². The highest BCUT2D eigenvalue weighted by Gasteiger charge is 2.53. The molecule has 0 radical (unpaired) electrons. The fourth-order valence-corrected chi connectivity index (χ4v) is 3.27. The van der Waals surface area contributed by atoms with Gasteiger partial charge in [-0.2, -0.15) is 0 Å². The topological polar surface area (TPSA) is 32.3 Å². The average molecular weight is 209 g/mol. The summed E-state index contributed by atoms with van der Waals surface area (Å²) in [6.45, 7) is 1.18. The Bertz CT molecular complexity index is 233. The Morgan fingerprint density at radius 3 is 2.40 bits per heavy atom. The third-order valence-corrected chi connectivity index (χ3v) is 4.78. The van der Waals surface area contributed by atoms with Crippen LogP contribution in [0.3, 0.4) is 0 Å². The van der Waals surface area contributed by atoms with E-state index in [4.69, 9.17) is 0 Å². The van der Waals surface area contributed by atoms with Crippen molar-refractivity contribution in [2.24, 2.45) is 11.3 Å². The molecule has 2 heteroatoms. The van der Waals surface area contributed by atoms with Crippen LogP contribution in [0.15, 0.2) is 0 Å². The lowest BCUT2D eigenvalue weighted by Crippen LogP contribution is -2.44. The second kappa shape index (κ2) is 3.74. The zero-order chi connectivity index (χ0) is 10.3.